The lowest BCUT2D eigenvalue weighted by molar-refractivity contribution is -0.193. The van der Waals surface area contributed by atoms with Gasteiger partial charge in [-0.25, -0.2) is 15.6 Å². The summed E-state index contributed by atoms with van der Waals surface area (Å²) in [7, 11) is 1.93. The Morgan fingerprint density at radius 1 is 1.00 bits per heavy atom. The number of imidazole rings is 1. The monoisotopic (exact) mass is 616 g/mol. The maximum Gasteiger partial charge on any atom is 0.418 e. The summed E-state index contributed by atoms with van der Waals surface area (Å²) >= 11 is 0. The molecular weight excluding hydrogens is 574 g/mol. The maximum atomic E-state index is 14.4. The van der Waals surface area contributed by atoms with Crippen LogP contribution < -0.4 is 16.5 Å². The van der Waals surface area contributed by atoms with Crippen molar-refractivity contribution >= 4 is 5.52 Å². The number of likely N-dealkylation sites (tertiary alicyclic amines) is 1. The summed E-state index contributed by atoms with van der Waals surface area (Å²) in [4.78, 5) is 17.9. The zero-order chi connectivity index (χ0) is 30.7. The third-order valence-corrected chi connectivity index (χ3v) is 10.5. The van der Waals surface area contributed by atoms with Crippen LogP contribution in [0.4, 0.5) is 26.3 Å². The van der Waals surface area contributed by atoms with Crippen molar-refractivity contribution in [2.75, 3.05) is 26.8 Å². The minimum atomic E-state index is -4.72. The van der Waals surface area contributed by atoms with Crippen LogP contribution in [-0.2, 0) is 12.7 Å². The molecule has 13 heteroatoms. The Morgan fingerprint density at radius 3 is 2.37 bits per heavy atom. The molecule has 2 aromatic heterocycles. The van der Waals surface area contributed by atoms with E-state index in [1.165, 1.54) is 10.8 Å². The van der Waals surface area contributed by atoms with Crippen LogP contribution in [0.1, 0.15) is 75.5 Å². The summed E-state index contributed by atoms with van der Waals surface area (Å²) in [5.74, 6) is -1.35. The van der Waals surface area contributed by atoms with Crippen LogP contribution in [0.2, 0.25) is 0 Å². The molecule has 0 aromatic carbocycles. The van der Waals surface area contributed by atoms with E-state index in [2.05, 4.69) is 27.6 Å². The quantitative estimate of drug-likeness (QED) is 0.414. The first-order chi connectivity index (χ1) is 20.3. The zero-order valence-corrected chi connectivity index (χ0v) is 24.7. The van der Waals surface area contributed by atoms with Crippen molar-refractivity contribution in [2.24, 2.45) is 29.6 Å². The van der Waals surface area contributed by atoms with Gasteiger partial charge in [0, 0.05) is 31.5 Å². The molecule has 6 rings (SSSR count). The van der Waals surface area contributed by atoms with E-state index in [4.69, 9.17) is 0 Å². The second kappa shape index (κ2) is 11.7. The number of aromatic nitrogens is 2. The average Bonchev–Trinajstić information content (AvgIpc) is 3.47. The highest BCUT2D eigenvalue weighted by Gasteiger charge is 2.51. The van der Waals surface area contributed by atoms with E-state index in [1.807, 2.05) is 7.05 Å². The average molecular weight is 617 g/mol. The van der Waals surface area contributed by atoms with E-state index < -0.39 is 35.6 Å². The lowest BCUT2D eigenvalue weighted by Gasteiger charge is -2.47. The Balaban J connectivity index is 1.38. The molecule has 0 radical (unpaired) electrons. The highest BCUT2D eigenvalue weighted by atomic mass is 19.4. The Bertz CT molecular complexity index is 1350. The molecule has 4 heterocycles. The van der Waals surface area contributed by atoms with Crippen LogP contribution in [0.15, 0.2) is 23.3 Å². The minimum absolute atomic E-state index is 0.0402. The predicted molar refractivity (Wildman–Crippen MR) is 150 cm³/mol. The molecule has 240 valence electrons. The number of nitrogens with one attached hydrogen (secondary N) is 2. The van der Waals surface area contributed by atoms with Crippen molar-refractivity contribution in [2.45, 2.75) is 89.4 Å². The molecular formula is C30H42F6N6O. The third kappa shape index (κ3) is 6.24. The van der Waals surface area contributed by atoms with Gasteiger partial charge in [-0.1, -0.05) is 26.2 Å². The van der Waals surface area contributed by atoms with Crippen molar-refractivity contribution in [3.05, 3.63) is 40.1 Å². The smallest absolute Gasteiger partial charge is 0.299 e. The van der Waals surface area contributed by atoms with Crippen molar-refractivity contribution in [1.29, 1.82) is 0 Å². The van der Waals surface area contributed by atoms with Gasteiger partial charge < -0.3 is 0 Å². The first-order valence-corrected chi connectivity index (χ1v) is 15.6. The number of hydrogen-bond donors (Lipinski definition) is 2. The Kier molecular flexibility index (Phi) is 8.40. The fourth-order valence-corrected chi connectivity index (χ4v) is 8.27. The van der Waals surface area contributed by atoms with Crippen molar-refractivity contribution < 1.29 is 26.3 Å². The van der Waals surface area contributed by atoms with Crippen molar-refractivity contribution in [3.63, 3.8) is 0 Å². The van der Waals surface area contributed by atoms with E-state index >= 15 is 0 Å². The molecule has 2 saturated heterocycles. The van der Waals surface area contributed by atoms with Gasteiger partial charge in [0.15, 0.2) is 0 Å². The maximum absolute atomic E-state index is 14.4. The second-order valence-corrected chi connectivity index (χ2v) is 13.6. The fourth-order valence-electron chi connectivity index (χ4n) is 8.27. The molecule has 0 spiro atoms. The number of pyridine rings is 1. The first kappa shape index (κ1) is 30.9. The highest BCUT2D eigenvalue weighted by Crippen LogP contribution is 2.51. The predicted octanol–water partition coefficient (Wildman–Crippen LogP) is 5.61. The highest BCUT2D eigenvalue weighted by molar-refractivity contribution is 5.56. The molecule has 4 aliphatic rings. The second-order valence-electron chi connectivity index (χ2n) is 13.6. The number of piperidine rings is 1. The van der Waals surface area contributed by atoms with Crippen molar-refractivity contribution in [3.8, 4) is 0 Å². The van der Waals surface area contributed by atoms with Crippen LogP contribution in [-0.4, -0.2) is 57.9 Å². The van der Waals surface area contributed by atoms with Gasteiger partial charge >= 0.3 is 18.0 Å². The van der Waals surface area contributed by atoms with Gasteiger partial charge in [-0.15, -0.1) is 0 Å². The number of rotatable bonds is 6. The molecule has 43 heavy (non-hydrogen) atoms. The largest absolute Gasteiger partial charge is 0.418 e. The van der Waals surface area contributed by atoms with E-state index in [0.717, 1.165) is 61.9 Å². The fraction of sp³-hybridized carbons (Fsp3) is 0.767. The topological polar surface area (TPSA) is 57.0 Å². The van der Waals surface area contributed by atoms with E-state index in [1.54, 1.807) is 0 Å². The van der Waals surface area contributed by atoms with Crippen molar-refractivity contribution in [1.82, 2.24) is 29.6 Å². The summed E-state index contributed by atoms with van der Waals surface area (Å²) in [6.07, 6.45) is -1.83. The lowest BCUT2D eigenvalue weighted by Crippen LogP contribution is -2.51. The molecule has 6 atom stereocenters. The molecule has 2 aliphatic heterocycles. The van der Waals surface area contributed by atoms with Gasteiger partial charge in [-0.3, -0.25) is 18.8 Å². The van der Waals surface area contributed by atoms with Crippen LogP contribution in [0.3, 0.4) is 0 Å². The van der Waals surface area contributed by atoms with Crippen LogP contribution >= 0.6 is 0 Å². The molecule has 4 unspecified atom stereocenters. The number of hydrazine groups is 1. The number of fused-ring (bicyclic) bond motifs is 1. The molecule has 2 saturated carbocycles. The van der Waals surface area contributed by atoms with Gasteiger partial charge in [0.25, 0.3) is 0 Å². The van der Waals surface area contributed by atoms with E-state index in [9.17, 15) is 31.1 Å². The standard InChI is InChI=1S/C30H42F6N6O/c1-18-5-4-8-40(13-18)14-19-9-24(30(34,35)36)25-16-41(28(43)42(25)15-19)23-11-21(10-22(12-23)29(31,32)33)26(20-6-3-7-20)27-38-37-17-39(27)2/h9,15-16,18,20-23,26-27,37-38H,3-8,10-14,17H2,1-2H3/t18-,21?,22?,23?,26+,27?/m0/s1. The minimum Gasteiger partial charge on any atom is -0.299 e. The molecule has 0 amide bonds. The van der Waals surface area contributed by atoms with Gasteiger partial charge in [-0.05, 0) is 81.0 Å². The van der Waals surface area contributed by atoms with E-state index in [-0.39, 0.29) is 48.8 Å². The van der Waals surface area contributed by atoms with E-state index in [0.29, 0.717) is 24.6 Å². The zero-order valence-electron chi connectivity index (χ0n) is 24.7. The van der Waals surface area contributed by atoms with Gasteiger partial charge in [-0.2, -0.15) is 26.3 Å². The Hall–Kier alpha value is -2.09. The number of nitrogens with zero attached hydrogens (tertiary/aromatic N) is 4. The molecule has 4 fully saturated rings. The van der Waals surface area contributed by atoms with Crippen LogP contribution in [0.25, 0.3) is 5.52 Å². The molecule has 7 nitrogen and oxygen atoms in total. The molecule has 2 aliphatic carbocycles. The summed E-state index contributed by atoms with van der Waals surface area (Å²) in [6.45, 7) is 4.49. The third-order valence-electron chi connectivity index (χ3n) is 10.5. The normalized spacial score (nSPS) is 31.0. The first-order valence-electron chi connectivity index (χ1n) is 15.6. The summed E-state index contributed by atoms with van der Waals surface area (Å²) in [5.41, 5.74) is 4.77. The van der Waals surface area contributed by atoms with Crippen LogP contribution in [0, 0.1) is 29.6 Å². The Morgan fingerprint density at radius 2 is 1.77 bits per heavy atom. The number of alkyl halides is 6. The lowest BCUT2D eigenvalue weighted by atomic mass is 9.63. The van der Waals surface area contributed by atoms with Crippen LogP contribution in [0.5, 0.6) is 0 Å². The summed E-state index contributed by atoms with van der Waals surface area (Å²) < 4.78 is 88.3. The molecule has 2 N–H and O–H groups in total. The summed E-state index contributed by atoms with van der Waals surface area (Å²) in [6, 6.07) is 0.245. The van der Waals surface area contributed by atoms with Gasteiger partial charge in [0.05, 0.1) is 29.8 Å². The van der Waals surface area contributed by atoms with Gasteiger partial charge in [0.2, 0.25) is 0 Å². The van der Waals surface area contributed by atoms with Gasteiger partial charge in [0.1, 0.15) is 0 Å². The SMILES string of the molecule is C[C@H]1CCCN(Cc2cc(C(F)(F)F)c3cn(C4CC([C@@H](C5CCC5)C5NNCN5C)CC(C(F)(F)F)C4)c(=O)n3c2)C1. The number of halogens is 6. The number of hydrogen-bond acceptors (Lipinski definition) is 5. The summed E-state index contributed by atoms with van der Waals surface area (Å²) in [5, 5.41) is 0. The molecule has 0 bridgehead atoms. The molecule has 2 aromatic rings. The Labute approximate surface area is 247 Å².